The molecule has 3 N–H and O–H groups in total. The van der Waals surface area contributed by atoms with Crippen molar-refractivity contribution in [1.29, 1.82) is 0 Å². The number of anilines is 1. The first kappa shape index (κ1) is 18.7. The summed E-state index contributed by atoms with van der Waals surface area (Å²) in [6.45, 7) is -0.402. The predicted octanol–water partition coefficient (Wildman–Crippen LogP) is 2.86. The summed E-state index contributed by atoms with van der Waals surface area (Å²) in [4.78, 5) is 16.3. The Kier molecular flexibility index (Phi) is 5.06. The summed E-state index contributed by atoms with van der Waals surface area (Å²) in [5.74, 6) is -3.04. The number of carbonyl (C=O) groups excluding carboxylic acids is 1. The SMILES string of the molecule is Cn1nc(-c2cc(O)c(C(=O)Nc3c(F)cccc3Cl)cc2F)nc1CO. The van der Waals surface area contributed by atoms with Gasteiger partial charge in [-0.2, -0.15) is 5.10 Å². The zero-order valence-electron chi connectivity index (χ0n) is 13.9. The number of phenolic OH excluding ortho intramolecular Hbond substituents is 1. The smallest absolute Gasteiger partial charge is 0.259 e. The van der Waals surface area contributed by atoms with Crippen LogP contribution in [0.5, 0.6) is 5.75 Å². The van der Waals surface area contributed by atoms with Gasteiger partial charge in [0.05, 0.1) is 21.8 Å². The Hall–Kier alpha value is -3.04. The number of phenols is 1. The van der Waals surface area contributed by atoms with E-state index in [0.29, 0.717) is 0 Å². The first-order valence-corrected chi connectivity index (χ1v) is 7.98. The first-order valence-electron chi connectivity index (χ1n) is 7.60. The number of hydrogen-bond donors (Lipinski definition) is 3. The van der Waals surface area contributed by atoms with Gasteiger partial charge >= 0.3 is 0 Å². The molecule has 0 unspecified atom stereocenters. The number of nitrogens with one attached hydrogen (secondary N) is 1. The molecule has 1 heterocycles. The molecule has 1 aromatic heterocycles. The Balaban J connectivity index is 1.95. The van der Waals surface area contributed by atoms with Gasteiger partial charge in [0.25, 0.3) is 5.91 Å². The van der Waals surface area contributed by atoms with Crippen LogP contribution in [0.25, 0.3) is 11.4 Å². The van der Waals surface area contributed by atoms with Crippen LogP contribution in [0.1, 0.15) is 16.2 Å². The van der Waals surface area contributed by atoms with Crippen LogP contribution < -0.4 is 5.32 Å². The summed E-state index contributed by atoms with van der Waals surface area (Å²) < 4.78 is 29.5. The molecule has 3 rings (SSSR count). The van der Waals surface area contributed by atoms with Gasteiger partial charge in [-0.1, -0.05) is 17.7 Å². The van der Waals surface area contributed by atoms with E-state index in [1.54, 1.807) is 0 Å². The zero-order chi connectivity index (χ0) is 19.7. The molecule has 140 valence electrons. The fraction of sp³-hybridized carbons (Fsp3) is 0.118. The highest BCUT2D eigenvalue weighted by Crippen LogP contribution is 2.30. The lowest BCUT2D eigenvalue weighted by Crippen LogP contribution is -2.14. The van der Waals surface area contributed by atoms with Gasteiger partial charge in [0.2, 0.25) is 0 Å². The highest BCUT2D eigenvalue weighted by molar-refractivity contribution is 6.34. The minimum atomic E-state index is -0.949. The molecule has 3 aromatic rings. The van der Waals surface area contributed by atoms with Crippen molar-refractivity contribution >= 4 is 23.2 Å². The molecular weight excluding hydrogens is 382 g/mol. The Morgan fingerprint density at radius 1 is 1.30 bits per heavy atom. The average Bonchev–Trinajstić information content (AvgIpc) is 3.00. The molecule has 2 aromatic carbocycles. The second-order valence-electron chi connectivity index (χ2n) is 5.53. The maximum atomic E-state index is 14.5. The van der Waals surface area contributed by atoms with Crippen LogP contribution >= 0.6 is 11.6 Å². The maximum Gasteiger partial charge on any atom is 0.259 e. The molecule has 0 atom stereocenters. The number of carbonyl (C=O) groups is 1. The molecule has 0 aliphatic heterocycles. The third-order valence-corrected chi connectivity index (χ3v) is 4.08. The van der Waals surface area contributed by atoms with Gasteiger partial charge in [0, 0.05) is 7.05 Å². The number of aromatic hydroxyl groups is 1. The van der Waals surface area contributed by atoms with E-state index >= 15 is 0 Å². The number of aromatic nitrogens is 3. The monoisotopic (exact) mass is 394 g/mol. The Morgan fingerprint density at radius 2 is 2.04 bits per heavy atom. The third-order valence-electron chi connectivity index (χ3n) is 3.77. The molecule has 27 heavy (non-hydrogen) atoms. The van der Waals surface area contributed by atoms with Crippen LogP contribution in [0.4, 0.5) is 14.5 Å². The van der Waals surface area contributed by atoms with Gasteiger partial charge in [0.15, 0.2) is 11.6 Å². The highest BCUT2D eigenvalue weighted by atomic mass is 35.5. The van der Waals surface area contributed by atoms with Crippen LogP contribution in [0.3, 0.4) is 0 Å². The minimum Gasteiger partial charge on any atom is -0.507 e. The van der Waals surface area contributed by atoms with Crippen LogP contribution in [-0.4, -0.2) is 30.9 Å². The van der Waals surface area contributed by atoms with E-state index in [4.69, 9.17) is 16.7 Å². The van der Waals surface area contributed by atoms with Gasteiger partial charge in [-0.15, -0.1) is 0 Å². The standard InChI is InChI=1S/C17H13ClF2N4O3/c1-24-14(7-25)21-16(23-24)8-6-13(26)9(5-12(8)20)17(27)22-15-10(18)3-2-4-11(15)19/h2-6,25-26H,7H2,1H3,(H,22,27). The number of nitrogens with zero attached hydrogens (tertiary/aromatic N) is 3. The lowest BCUT2D eigenvalue weighted by atomic mass is 10.1. The average molecular weight is 395 g/mol. The fourth-order valence-electron chi connectivity index (χ4n) is 2.38. The van der Waals surface area contributed by atoms with E-state index in [1.165, 1.54) is 23.9 Å². The van der Waals surface area contributed by atoms with Gasteiger partial charge in [0.1, 0.15) is 24.0 Å². The lowest BCUT2D eigenvalue weighted by Gasteiger charge is -2.10. The van der Waals surface area contributed by atoms with E-state index < -0.39 is 35.5 Å². The number of rotatable bonds is 4. The summed E-state index contributed by atoms with van der Waals surface area (Å²) in [5.41, 5.74) is -0.871. The van der Waals surface area contributed by atoms with Crippen molar-refractivity contribution < 1.29 is 23.8 Å². The Labute approximate surface area is 156 Å². The molecule has 0 spiro atoms. The van der Waals surface area contributed by atoms with Crippen LogP contribution in [0.15, 0.2) is 30.3 Å². The summed E-state index contributed by atoms with van der Waals surface area (Å²) in [5, 5.41) is 25.4. The number of aliphatic hydroxyl groups is 1. The van der Waals surface area contributed by atoms with Crippen LogP contribution in [0.2, 0.25) is 5.02 Å². The molecule has 1 amide bonds. The summed E-state index contributed by atoms with van der Waals surface area (Å²) >= 11 is 5.84. The van der Waals surface area contributed by atoms with E-state index in [0.717, 1.165) is 18.2 Å². The first-order chi connectivity index (χ1) is 12.8. The second kappa shape index (κ2) is 7.29. The number of amides is 1. The number of hydrogen-bond acceptors (Lipinski definition) is 5. The van der Waals surface area contributed by atoms with Gasteiger partial charge in [-0.05, 0) is 24.3 Å². The van der Waals surface area contributed by atoms with E-state index in [9.17, 15) is 18.7 Å². The van der Waals surface area contributed by atoms with Crippen LogP contribution in [0, 0.1) is 11.6 Å². The second-order valence-corrected chi connectivity index (χ2v) is 5.94. The zero-order valence-corrected chi connectivity index (χ0v) is 14.6. The predicted molar refractivity (Wildman–Crippen MR) is 93.3 cm³/mol. The molecule has 0 radical (unpaired) electrons. The molecule has 0 saturated carbocycles. The van der Waals surface area contributed by atoms with Gasteiger partial charge in [-0.25, -0.2) is 13.8 Å². The van der Waals surface area contributed by atoms with Crippen molar-refractivity contribution in [2.75, 3.05) is 5.32 Å². The normalized spacial score (nSPS) is 10.9. The quantitative estimate of drug-likeness (QED) is 0.631. The molecule has 0 aliphatic carbocycles. The molecule has 0 aliphatic rings. The highest BCUT2D eigenvalue weighted by Gasteiger charge is 2.21. The number of para-hydroxylation sites is 1. The number of aliphatic hydroxyl groups excluding tert-OH is 1. The van der Waals surface area contributed by atoms with E-state index in [1.807, 2.05) is 0 Å². The fourth-order valence-corrected chi connectivity index (χ4v) is 2.59. The van der Waals surface area contributed by atoms with E-state index in [-0.39, 0.29) is 27.9 Å². The number of halogens is 3. The summed E-state index contributed by atoms with van der Waals surface area (Å²) in [6, 6.07) is 5.58. The number of benzene rings is 2. The third kappa shape index (κ3) is 3.60. The van der Waals surface area contributed by atoms with Crippen molar-refractivity contribution in [2.24, 2.45) is 7.05 Å². The minimum absolute atomic E-state index is 0.0471. The molecule has 0 saturated heterocycles. The summed E-state index contributed by atoms with van der Waals surface area (Å²) in [6.07, 6.45) is 0. The topological polar surface area (TPSA) is 100 Å². The van der Waals surface area contributed by atoms with Crippen molar-refractivity contribution in [1.82, 2.24) is 14.8 Å². The maximum absolute atomic E-state index is 14.5. The number of aryl methyl sites for hydroxylation is 1. The molecular formula is C17H13ClF2N4O3. The van der Waals surface area contributed by atoms with Gasteiger partial charge < -0.3 is 15.5 Å². The van der Waals surface area contributed by atoms with Crippen LogP contribution in [-0.2, 0) is 13.7 Å². The van der Waals surface area contributed by atoms with Crippen molar-refractivity contribution in [3.05, 3.63) is 58.4 Å². The largest absolute Gasteiger partial charge is 0.507 e. The molecule has 0 bridgehead atoms. The summed E-state index contributed by atoms with van der Waals surface area (Å²) in [7, 11) is 1.51. The van der Waals surface area contributed by atoms with Crippen molar-refractivity contribution in [2.45, 2.75) is 6.61 Å². The molecule has 7 nitrogen and oxygen atoms in total. The Morgan fingerprint density at radius 3 is 2.67 bits per heavy atom. The van der Waals surface area contributed by atoms with E-state index in [2.05, 4.69) is 15.4 Å². The van der Waals surface area contributed by atoms with Gasteiger partial charge in [-0.3, -0.25) is 9.48 Å². The van der Waals surface area contributed by atoms with Crippen molar-refractivity contribution in [3.63, 3.8) is 0 Å². The van der Waals surface area contributed by atoms with Crippen molar-refractivity contribution in [3.8, 4) is 17.1 Å². The lowest BCUT2D eigenvalue weighted by molar-refractivity contribution is 0.102. The molecule has 10 heteroatoms. The Bertz CT molecular complexity index is 1020. The molecule has 0 fully saturated rings.